The quantitative estimate of drug-likeness (QED) is 0.140. The number of hydrogen-bond donors (Lipinski definition) is 8. The van der Waals surface area contributed by atoms with Crippen molar-refractivity contribution in [2.45, 2.75) is 196 Å². The van der Waals surface area contributed by atoms with Gasteiger partial charge in [0.1, 0.15) is 0 Å². The molecule has 0 aromatic rings. The molecule has 20 atom stereocenters. The Morgan fingerprint density at radius 2 is 0.509 bits per heavy atom. The van der Waals surface area contributed by atoms with Crippen molar-refractivity contribution in [1.29, 1.82) is 0 Å². The summed E-state index contributed by atoms with van der Waals surface area (Å²) >= 11 is 0. The van der Waals surface area contributed by atoms with Crippen LogP contribution < -0.4 is 42.5 Å². The Morgan fingerprint density at radius 3 is 0.774 bits per heavy atom. The van der Waals surface area contributed by atoms with Crippen molar-refractivity contribution in [3.05, 3.63) is 0 Å². The second-order valence-corrected chi connectivity index (χ2v) is 24.0. The van der Waals surface area contributed by atoms with Gasteiger partial charge in [0.05, 0.1) is 49.3 Å². The second-order valence-electron chi connectivity index (χ2n) is 24.0. The molecule has 302 valence electrons. The lowest BCUT2D eigenvalue weighted by Gasteiger charge is -2.43. The zero-order valence-electron chi connectivity index (χ0n) is 35.5. The molecule has 9 fully saturated rings. The Hall–Kier alpha value is -0.320. The van der Waals surface area contributed by atoms with Crippen molar-refractivity contribution in [3.63, 3.8) is 0 Å². The molecule has 8 N–H and O–H groups in total. The highest BCUT2D eigenvalue weighted by Crippen LogP contribution is 2.52. The molecule has 0 spiro atoms. The van der Waals surface area contributed by atoms with E-state index >= 15 is 0 Å². The number of hydrogen-bond acceptors (Lipinski definition) is 8. The van der Waals surface area contributed by atoms with Crippen LogP contribution in [0.25, 0.3) is 0 Å². The maximum absolute atomic E-state index is 4.42. The summed E-state index contributed by atoms with van der Waals surface area (Å²) in [7, 11) is 0. The molecule has 0 radical (unpaired) electrons. The van der Waals surface area contributed by atoms with E-state index in [1.807, 2.05) is 0 Å². The van der Waals surface area contributed by atoms with Gasteiger partial charge in [0.15, 0.2) is 0 Å². The lowest BCUT2D eigenvalue weighted by atomic mass is 9.64. The van der Waals surface area contributed by atoms with E-state index in [4.69, 9.17) is 0 Å². The molecule has 8 bridgehead atoms. The smallest absolute Gasteiger partial charge is 0.0628 e. The van der Waals surface area contributed by atoms with Crippen molar-refractivity contribution >= 4 is 0 Å². The Morgan fingerprint density at radius 1 is 0.283 bits per heavy atom. The average molecular weight is 735 g/mol. The lowest BCUT2D eigenvalue weighted by Crippen LogP contribution is -2.61. The monoisotopic (exact) mass is 735 g/mol. The third-order valence-corrected chi connectivity index (χ3v) is 18.1. The molecule has 4 saturated carbocycles. The molecule has 0 amide bonds. The molecule has 5 aliphatic heterocycles. The first-order valence-corrected chi connectivity index (χ1v) is 23.1. The van der Waals surface area contributed by atoms with Crippen molar-refractivity contribution in [2.24, 2.45) is 87.3 Å². The highest BCUT2D eigenvalue weighted by molar-refractivity contribution is 5.10. The van der Waals surface area contributed by atoms with Crippen molar-refractivity contribution < 1.29 is 0 Å². The first kappa shape index (κ1) is 38.2. The van der Waals surface area contributed by atoms with Crippen LogP contribution in [0.15, 0.2) is 0 Å². The molecule has 8 nitrogen and oxygen atoms in total. The first-order valence-electron chi connectivity index (χ1n) is 23.1. The second kappa shape index (κ2) is 13.9. The van der Waals surface area contributed by atoms with Gasteiger partial charge in [-0.1, -0.05) is 75.7 Å². The van der Waals surface area contributed by atoms with Crippen LogP contribution in [-0.2, 0) is 0 Å². The minimum Gasteiger partial charge on any atom is -0.286 e. The summed E-state index contributed by atoms with van der Waals surface area (Å²) in [5, 5.41) is 34.9. The van der Waals surface area contributed by atoms with E-state index in [0.29, 0.717) is 113 Å². The van der Waals surface area contributed by atoms with E-state index in [2.05, 4.69) is 112 Å². The van der Waals surface area contributed by atoms with Gasteiger partial charge in [0, 0.05) is 0 Å². The van der Waals surface area contributed by atoms with Crippen LogP contribution in [-0.4, -0.2) is 49.3 Å². The van der Waals surface area contributed by atoms with Crippen LogP contribution in [0.4, 0.5) is 0 Å². The van der Waals surface area contributed by atoms with Gasteiger partial charge < -0.3 is 0 Å². The number of rotatable bonds is 0. The van der Waals surface area contributed by atoms with Gasteiger partial charge in [-0.3, -0.25) is 42.5 Å². The third kappa shape index (κ3) is 7.14. The summed E-state index contributed by atoms with van der Waals surface area (Å²) < 4.78 is 0. The highest BCUT2D eigenvalue weighted by Gasteiger charge is 2.57. The van der Waals surface area contributed by atoms with Gasteiger partial charge in [-0.15, -0.1) is 0 Å². The fourth-order valence-corrected chi connectivity index (χ4v) is 14.6. The van der Waals surface area contributed by atoms with Gasteiger partial charge in [-0.2, -0.15) is 0 Å². The van der Waals surface area contributed by atoms with Crippen LogP contribution in [0.2, 0.25) is 0 Å². The Labute approximate surface area is 324 Å². The average Bonchev–Trinajstić information content (AvgIpc) is 3.81. The molecule has 20 unspecified atom stereocenters. The standard InChI is InChI=1S/C45H82N8/c1-23-11-15-27-31(19-23)39-46-35(27)48-40-33-21-25(44(5,6)7)13-17-29(33)37(50-40)52-42-34-22-26(45(8,9)10)14-18-30(34)38(53-42)51-41-32-20-24(43(2,3)4)12-16-28(32)36(47-39)49-41/h23-42,46-53H,11-22H2,1-10H3. The maximum atomic E-state index is 4.42. The summed E-state index contributed by atoms with van der Waals surface area (Å²) in [5.41, 5.74) is 1.08. The summed E-state index contributed by atoms with van der Waals surface area (Å²) in [6, 6.07) is 0. The van der Waals surface area contributed by atoms with E-state index < -0.39 is 0 Å². The number of nitrogens with one attached hydrogen (secondary N) is 8. The normalized spacial score (nSPS) is 53.1. The minimum absolute atomic E-state index is 0.339. The molecular formula is C45H82N8. The summed E-state index contributed by atoms with van der Waals surface area (Å²) in [4.78, 5) is 0. The maximum Gasteiger partial charge on any atom is 0.0628 e. The highest BCUT2D eigenvalue weighted by atomic mass is 15.4. The molecule has 53 heavy (non-hydrogen) atoms. The van der Waals surface area contributed by atoms with Crippen LogP contribution in [0.1, 0.15) is 146 Å². The van der Waals surface area contributed by atoms with Gasteiger partial charge in [0.25, 0.3) is 0 Å². The van der Waals surface area contributed by atoms with Crippen LogP contribution >= 0.6 is 0 Å². The van der Waals surface area contributed by atoms with Crippen molar-refractivity contribution in [2.75, 3.05) is 0 Å². The molecule has 0 aromatic carbocycles. The van der Waals surface area contributed by atoms with Crippen molar-refractivity contribution in [1.82, 2.24) is 42.5 Å². The molecule has 4 aliphatic carbocycles. The first-order chi connectivity index (χ1) is 25.0. The zero-order valence-corrected chi connectivity index (χ0v) is 35.5. The summed E-state index contributed by atoms with van der Waals surface area (Å²) in [6.07, 6.45) is 18.9. The predicted octanol–water partition coefficient (Wildman–Crippen LogP) is 6.67. The van der Waals surface area contributed by atoms with Gasteiger partial charge >= 0.3 is 0 Å². The molecule has 5 heterocycles. The van der Waals surface area contributed by atoms with Crippen LogP contribution in [0.5, 0.6) is 0 Å². The molecule has 9 rings (SSSR count). The van der Waals surface area contributed by atoms with E-state index in [0.717, 1.165) is 23.7 Å². The summed E-state index contributed by atoms with van der Waals surface area (Å²) in [5.74, 6) is 8.52. The van der Waals surface area contributed by atoms with Crippen LogP contribution in [0.3, 0.4) is 0 Å². The SMILES string of the molecule is CC1CCC2C3NC(NC4NC(NC5NC(NC6NC(N3)C3CC(C(C)(C)C)CCC63)C3CC(C(C)(C)C)CCC53)C3CC(C(C)(C)C)CCC43)C2C1. The van der Waals surface area contributed by atoms with Crippen molar-refractivity contribution in [3.8, 4) is 0 Å². The molecule has 9 aliphatic rings. The van der Waals surface area contributed by atoms with E-state index in [1.165, 1.54) is 77.0 Å². The molecule has 8 heteroatoms. The Bertz CT molecular complexity index is 1280. The summed E-state index contributed by atoms with van der Waals surface area (Å²) in [6.45, 7) is 25.0. The lowest BCUT2D eigenvalue weighted by molar-refractivity contribution is 0.0736. The van der Waals surface area contributed by atoms with Gasteiger partial charge in [-0.25, -0.2) is 0 Å². The number of fused-ring (bicyclic) bond motifs is 20. The fraction of sp³-hybridized carbons (Fsp3) is 1.00. The Balaban J connectivity index is 1.06. The topological polar surface area (TPSA) is 96.2 Å². The van der Waals surface area contributed by atoms with Gasteiger partial charge in [-0.05, 0) is 158 Å². The third-order valence-electron chi connectivity index (χ3n) is 18.1. The van der Waals surface area contributed by atoms with E-state index in [9.17, 15) is 0 Å². The molecular weight excluding hydrogens is 653 g/mol. The Kier molecular flexibility index (Phi) is 10.0. The predicted molar refractivity (Wildman–Crippen MR) is 217 cm³/mol. The molecule has 5 saturated heterocycles. The minimum atomic E-state index is 0.339. The van der Waals surface area contributed by atoms with E-state index in [1.54, 1.807) is 0 Å². The van der Waals surface area contributed by atoms with Gasteiger partial charge in [0.2, 0.25) is 0 Å². The molecule has 0 aromatic heterocycles. The van der Waals surface area contributed by atoms with E-state index in [-0.39, 0.29) is 0 Å². The fourth-order valence-electron chi connectivity index (χ4n) is 14.6. The zero-order chi connectivity index (χ0) is 37.2. The largest absolute Gasteiger partial charge is 0.286 e. The van der Waals surface area contributed by atoms with Crippen LogP contribution in [0, 0.1) is 87.3 Å².